The van der Waals surface area contributed by atoms with Gasteiger partial charge in [-0.1, -0.05) is 6.92 Å². The van der Waals surface area contributed by atoms with E-state index in [0.29, 0.717) is 0 Å². The Morgan fingerprint density at radius 1 is 1.58 bits per heavy atom. The molecule has 0 aliphatic carbocycles. The second-order valence-electron chi connectivity index (χ2n) is 3.85. The van der Waals surface area contributed by atoms with Crippen molar-refractivity contribution in [3.63, 3.8) is 0 Å². The normalized spacial score (nSPS) is 27.8. The fraction of sp³-hybridized carbons (Fsp3) is 0.700. The van der Waals surface area contributed by atoms with Crippen LogP contribution >= 0.6 is 0 Å². The lowest BCUT2D eigenvalue weighted by atomic mass is 9.81. The summed E-state index contributed by atoms with van der Waals surface area (Å²) in [6, 6.07) is 0. The Hall–Kier alpha value is -0.790. The predicted molar refractivity (Wildman–Crippen MR) is 47.7 cm³/mol. The van der Waals surface area contributed by atoms with Crippen LogP contribution in [0.5, 0.6) is 0 Å². The van der Waals surface area contributed by atoms with Crippen molar-refractivity contribution in [2.24, 2.45) is 5.92 Å². The Balaban J connectivity index is 2.95. The van der Waals surface area contributed by atoms with Crippen LogP contribution in [0.2, 0.25) is 0 Å². The summed E-state index contributed by atoms with van der Waals surface area (Å²) in [5.74, 6) is 0.247. The van der Waals surface area contributed by atoms with Crippen molar-refractivity contribution in [3.05, 3.63) is 11.8 Å². The summed E-state index contributed by atoms with van der Waals surface area (Å²) < 4.78 is 5.47. The molecule has 0 N–H and O–H groups in total. The van der Waals surface area contributed by atoms with Crippen LogP contribution in [0.15, 0.2) is 11.8 Å². The molecule has 68 valence electrons. The molecule has 0 bridgehead atoms. The largest absolute Gasteiger partial charge is 0.494 e. The maximum absolute atomic E-state index is 11.6. The van der Waals surface area contributed by atoms with Gasteiger partial charge >= 0.3 is 0 Å². The van der Waals surface area contributed by atoms with E-state index in [1.165, 1.54) is 0 Å². The summed E-state index contributed by atoms with van der Waals surface area (Å²) in [6.45, 7) is 7.75. The zero-order valence-corrected chi connectivity index (χ0v) is 8.18. The van der Waals surface area contributed by atoms with Gasteiger partial charge in [0.15, 0.2) is 5.78 Å². The number of Topliss-reactive ketones (excluding diaryl/α,β-unsaturated/α-hetero) is 1. The molecule has 1 rings (SSSR count). The lowest BCUT2D eigenvalue weighted by Crippen LogP contribution is -2.41. The summed E-state index contributed by atoms with van der Waals surface area (Å²) in [5.41, 5.74) is 0.409. The highest BCUT2D eigenvalue weighted by Gasteiger charge is 2.38. The smallest absolute Gasteiger partial charge is 0.168 e. The van der Waals surface area contributed by atoms with Gasteiger partial charge in [-0.3, -0.25) is 4.79 Å². The molecule has 0 fully saturated rings. The molecule has 12 heavy (non-hydrogen) atoms. The van der Waals surface area contributed by atoms with Crippen molar-refractivity contribution < 1.29 is 9.53 Å². The molecule has 2 heteroatoms. The minimum Gasteiger partial charge on any atom is -0.494 e. The van der Waals surface area contributed by atoms with Gasteiger partial charge in [-0.15, -0.1) is 0 Å². The fourth-order valence-electron chi connectivity index (χ4n) is 1.65. The number of rotatable bonds is 1. The molecule has 0 aromatic rings. The third-order valence-electron chi connectivity index (χ3n) is 2.49. The van der Waals surface area contributed by atoms with Crippen LogP contribution in [0, 0.1) is 5.92 Å². The van der Waals surface area contributed by atoms with Crippen molar-refractivity contribution in [1.82, 2.24) is 0 Å². The van der Waals surface area contributed by atoms with Crippen LogP contribution in [-0.2, 0) is 9.53 Å². The van der Waals surface area contributed by atoms with E-state index in [0.717, 1.165) is 12.0 Å². The minimum atomic E-state index is -0.328. The van der Waals surface area contributed by atoms with E-state index < -0.39 is 0 Å². The second kappa shape index (κ2) is 2.92. The number of hydrogen-bond donors (Lipinski definition) is 0. The van der Waals surface area contributed by atoms with Crippen molar-refractivity contribution in [3.8, 4) is 0 Å². The maximum atomic E-state index is 11.6. The maximum Gasteiger partial charge on any atom is 0.168 e. The van der Waals surface area contributed by atoms with E-state index in [2.05, 4.69) is 0 Å². The van der Waals surface area contributed by atoms with Crippen molar-refractivity contribution in [1.29, 1.82) is 0 Å². The third kappa shape index (κ3) is 1.38. The molecule has 2 nitrogen and oxygen atoms in total. The Morgan fingerprint density at radius 2 is 2.17 bits per heavy atom. The molecule has 0 amide bonds. The van der Waals surface area contributed by atoms with Crippen LogP contribution in [0.3, 0.4) is 0 Å². The molecule has 0 spiro atoms. The molecule has 1 heterocycles. The Morgan fingerprint density at radius 3 is 2.58 bits per heavy atom. The van der Waals surface area contributed by atoms with Gasteiger partial charge in [0.25, 0.3) is 0 Å². The monoisotopic (exact) mass is 168 g/mol. The van der Waals surface area contributed by atoms with Crippen LogP contribution < -0.4 is 0 Å². The number of carbonyl (C=O) groups excluding carboxylic acids is 1. The van der Waals surface area contributed by atoms with E-state index in [9.17, 15) is 4.79 Å². The van der Waals surface area contributed by atoms with E-state index in [1.807, 2.05) is 20.8 Å². The molecule has 0 saturated heterocycles. The van der Waals surface area contributed by atoms with Crippen LogP contribution in [0.1, 0.15) is 34.1 Å². The number of hydrogen-bond acceptors (Lipinski definition) is 2. The predicted octanol–water partition coefficient (Wildman–Crippen LogP) is 2.29. The molecular weight excluding hydrogens is 152 g/mol. The second-order valence-corrected chi connectivity index (χ2v) is 3.85. The summed E-state index contributed by atoms with van der Waals surface area (Å²) in [4.78, 5) is 11.6. The summed E-state index contributed by atoms with van der Waals surface area (Å²) in [6.07, 6.45) is 2.42. The molecule has 0 radical (unpaired) electrons. The Bertz CT molecular complexity index is 226. The topological polar surface area (TPSA) is 26.3 Å². The SMILES string of the molecule is CCC1C(=O)C(C)=COC1(C)C. The average Bonchev–Trinajstić information content (AvgIpc) is 1.99. The number of ether oxygens (including phenoxy) is 1. The van der Waals surface area contributed by atoms with Crippen LogP contribution in [-0.4, -0.2) is 11.4 Å². The van der Waals surface area contributed by atoms with E-state index >= 15 is 0 Å². The molecular formula is C10H16O2. The minimum absolute atomic E-state index is 0.0162. The van der Waals surface area contributed by atoms with Crippen molar-refractivity contribution >= 4 is 5.78 Å². The summed E-state index contributed by atoms with van der Waals surface area (Å²) in [7, 11) is 0. The molecule has 1 unspecified atom stereocenters. The third-order valence-corrected chi connectivity index (χ3v) is 2.49. The van der Waals surface area contributed by atoms with E-state index in [4.69, 9.17) is 4.74 Å². The number of allylic oxidation sites excluding steroid dienone is 1. The number of carbonyl (C=O) groups is 1. The lowest BCUT2D eigenvalue weighted by Gasteiger charge is -2.35. The van der Waals surface area contributed by atoms with E-state index in [-0.39, 0.29) is 17.3 Å². The highest BCUT2D eigenvalue weighted by atomic mass is 16.5. The van der Waals surface area contributed by atoms with Gasteiger partial charge in [-0.05, 0) is 27.2 Å². The van der Waals surface area contributed by atoms with Crippen molar-refractivity contribution in [2.45, 2.75) is 39.7 Å². The molecule has 1 atom stereocenters. The zero-order chi connectivity index (χ0) is 9.35. The molecule has 1 aliphatic rings. The summed E-state index contributed by atoms with van der Waals surface area (Å²) >= 11 is 0. The molecule has 0 aromatic heterocycles. The average molecular weight is 168 g/mol. The first-order valence-corrected chi connectivity index (χ1v) is 4.38. The van der Waals surface area contributed by atoms with Gasteiger partial charge in [0.05, 0.1) is 12.2 Å². The molecule has 1 aliphatic heterocycles. The molecule has 0 aromatic carbocycles. The van der Waals surface area contributed by atoms with Gasteiger partial charge < -0.3 is 4.74 Å². The fourth-order valence-corrected chi connectivity index (χ4v) is 1.65. The summed E-state index contributed by atoms with van der Waals surface area (Å²) in [5, 5.41) is 0. The molecule has 0 saturated carbocycles. The van der Waals surface area contributed by atoms with Crippen molar-refractivity contribution in [2.75, 3.05) is 0 Å². The van der Waals surface area contributed by atoms with Gasteiger partial charge in [0, 0.05) is 5.57 Å². The number of ketones is 1. The first-order valence-electron chi connectivity index (χ1n) is 4.38. The zero-order valence-electron chi connectivity index (χ0n) is 8.18. The first kappa shape index (κ1) is 9.30. The first-order chi connectivity index (χ1) is 5.49. The van der Waals surface area contributed by atoms with Gasteiger partial charge in [0.1, 0.15) is 5.60 Å². The van der Waals surface area contributed by atoms with Gasteiger partial charge in [-0.25, -0.2) is 0 Å². The van der Waals surface area contributed by atoms with E-state index in [1.54, 1.807) is 13.2 Å². The quantitative estimate of drug-likeness (QED) is 0.600. The highest BCUT2D eigenvalue weighted by molar-refractivity contribution is 5.97. The van der Waals surface area contributed by atoms with Crippen LogP contribution in [0.4, 0.5) is 0 Å². The van der Waals surface area contributed by atoms with Gasteiger partial charge in [0.2, 0.25) is 0 Å². The lowest BCUT2D eigenvalue weighted by molar-refractivity contribution is -0.130. The Labute approximate surface area is 73.6 Å². The van der Waals surface area contributed by atoms with Crippen LogP contribution in [0.25, 0.3) is 0 Å². The Kier molecular flexibility index (Phi) is 2.27. The van der Waals surface area contributed by atoms with Gasteiger partial charge in [-0.2, -0.15) is 0 Å². The standard InChI is InChI=1S/C10H16O2/c1-5-8-9(11)7(2)6-12-10(8,3)4/h6,8H,5H2,1-4H3. The highest BCUT2D eigenvalue weighted by Crippen LogP contribution is 2.31.